The van der Waals surface area contributed by atoms with E-state index in [1.165, 1.54) is 30.2 Å². The number of carbonyl (C=O) groups is 2. The molecule has 0 unspecified atom stereocenters. The summed E-state index contributed by atoms with van der Waals surface area (Å²) in [6.45, 7) is -1.69. The maximum Gasteiger partial charge on any atom is 1.00 e. The van der Waals surface area contributed by atoms with Crippen LogP contribution < -0.4 is 179 Å². The van der Waals surface area contributed by atoms with Gasteiger partial charge in [0.25, 0.3) is 0 Å². The molecule has 80 heavy (non-hydrogen) atoms. The van der Waals surface area contributed by atoms with Crippen LogP contribution >= 0.6 is 0 Å². The minimum absolute atomic E-state index is 0. The summed E-state index contributed by atoms with van der Waals surface area (Å²) >= 11 is 0. The topological polar surface area (TPSA) is 485 Å². The molecule has 0 radical (unpaired) electrons. The average Bonchev–Trinajstić information content (AvgIpc) is 3.31. The SMILES string of the molecule is COc1ccc(NN=C2C(=O)c3ccc(Nc4nc(Nc5cc(S(=O)(=O)[O-])cc6c5C(=O)C(=NNc5ccccc5S(=O)(=O)[O-])C(S(=O)(=O)[O-])=C6)nc(N(CCO)CCO)n4)cc3C=C2S(=O)(=O)[O-])c(S(=O)(=O)[O-])c1.[Na+].[Na+].[Na+].[Na+].[Na+]. The van der Waals surface area contributed by atoms with E-state index in [0.29, 0.717) is 18.2 Å². The molecule has 7 rings (SSSR count). The smallest absolute Gasteiger partial charge is 0.744 e. The number of Topliss-reactive ketones (excluding diaryl/α,β-unsaturated/α-hetero) is 2. The first-order chi connectivity index (χ1) is 35.0. The summed E-state index contributed by atoms with van der Waals surface area (Å²) in [4.78, 5) is 36.4. The third-order valence-corrected chi connectivity index (χ3v) is 14.6. The van der Waals surface area contributed by atoms with E-state index in [1.807, 2.05) is 0 Å². The van der Waals surface area contributed by atoms with Gasteiger partial charge >= 0.3 is 148 Å². The summed E-state index contributed by atoms with van der Waals surface area (Å²) in [7, 11) is -26.0. The van der Waals surface area contributed by atoms with Gasteiger partial charge in [0.15, 0.2) is 0 Å². The molecule has 0 saturated carbocycles. The number of anilines is 7. The summed E-state index contributed by atoms with van der Waals surface area (Å²) in [5.41, 5.74) is -1.80. The van der Waals surface area contributed by atoms with Crippen molar-refractivity contribution < 1.29 is 237 Å². The molecular weight excluding hydrogens is 1220 g/mol. The predicted molar refractivity (Wildman–Crippen MR) is 255 cm³/mol. The molecule has 0 atom stereocenters. The number of ether oxygens (including phenoxy) is 1. The minimum Gasteiger partial charge on any atom is -0.744 e. The number of carbonyl (C=O) groups excluding carboxylic acids is 2. The van der Waals surface area contributed by atoms with Gasteiger partial charge in [-0.05, 0) is 83.9 Å². The van der Waals surface area contributed by atoms with Crippen molar-refractivity contribution in [2.45, 2.75) is 14.7 Å². The molecule has 6 N–H and O–H groups in total. The quantitative estimate of drug-likeness (QED) is 0.0254. The Morgan fingerprint density at radius 3 is 1.61 bits per heavy atom. The Hall–Kier alpha value is -2.68. The number of nitrogens with zero attached hydrogens (tertiary/aromatic N) is 6. The van der Waals surface area contributed by atoms with Crippen LogP contribution in [0.5, 0.6) is 5.75 Å². The Morgan fingerprint density at radius 1 is 0.562 bits per heavy atom. The van der Waals surface area contributed by atoms with E-state index in [-0.39, 0.29) is 189 Å². The molecular formula is C40H31N10Na5O20S5. The van der Waals surface area contributed by atoms with Crippen molar-refractivity contribution in [1.82, 2.24) is 15.0 Å². The van der Waals surface area contributed by atoms with Crippen LogP contribution in [0.25, 0.3) is 12.2 Å². The van der Waals surface area contributed by atoms with Gasteiger partial charge in [0.1, 0.15) is 67.8 Å². The third kappa shape index (κ3) is 17.5. The average molecular weight is 1250 g/mol. The number of para-hydroxylation sites is 1. The summed E-state index contributed by atoms with van der Waals surface area (Å²) in [5.74, 6) is -4.26. The summed E-state index contributed by atoms with van der Waals surface area (Å²) in [6, 6.07) is 11.8. The zero-order valence-corrected chi connectivity index (χ0v) is 56.5. The number of hydrazone groups is 2. The van der Waals surface area contributed by atoms with E-state index in [1.54, 1.807) is 0 Å². The van der Waals surface area contributed by atoms with Crippen LogP contribution in [-0.2, 0) is 50.6 Å². The van der Waals surface area contributed by atoms with Gasteiger partial charge in [-0.25, -0.2) is 42.1 Å². The number of allylic oxidation sites excluding steroid dienone is 2. The Morgan fingerprint density at radius 2 is 1.09 bits per heavy atom. The molecule has 2 aliphatic rings. The predicted octanol–water partition coefficient (Wildman–Crippen LogP) is -15.0. The Labute approximate surface area is 566 Å². The normalized spacial score (nSPS) is 14.2. The molecule has 0 fully saturated rings. The summed E-state index contributed by atoms with van der Waals surface area (Å²) < 4.78 is 189. The van der Waals surface area contributed by atoms with Crippen molar-refractivity contribution >= 4 is 126 Å². The van der Waals surface area contributed by atoms with Crippen molar-refractivity contribution in [2.24, 2.45) is 10.2 Å². The maximum absolute atomic E-state index is 14.3. The van der Waals surface area contributed by atoms with Crippen LogP contribution in [0.2, 0.25) is 0 Å². The number of nitrogens with one attached hydrogen (secondary N) is 4. The number of aliphatic hydroxyl groups excluding tert-OH is 2. The maximum atomic E-state index is 14.3. The second kappa shape index (κ2) is 29.4. The molecule has 40 heteroatoms. The van der Waals surface area contributed by atoms with Crippen LogP contribution in [0, 0.1) is 0 Å². The number of fused-ring (bicyclic) bond motifs is 2. The fraction of sp³-hybridized carbons (Fsp3) is 0.125. The molecule has 4 aromatic carbocycles. The monoisotopic (exact) mass is 1250 g/mol. The fourth-order valence-electron chi connectivity index (χ4n) is 7.05. The van der Waals surface area contributed by atoms with E-state index >= 15 is 0 Å². The van der Waals surface area contributed by atoms with Gasteiger partial charge in [-0.2, -0.15) is 25.2 Å². The van der Waals surface area contributed by atoms with E-state index in [4.69, 9.17) is 4.74 Å². The first-order valence-electron chi connectivity index (χ1n) is 20.4. The van der Waals surface area contributed by atoms with Gasteiger partial charge in [-0.1, -0.05) is 12.1 Å². The number of methoxy groups -OCH3 is 1. The molecule has 0 bridgehead atoms. The minimum atomic E-state index is -5.72. The molecule has 2 aliphatic carbocycles. The number of hydrogen-bond acceptors (Lipinski definition) is 30. The molecule has 0 amide bonds. The summed E-state index contributed by atoms with van der Waals surface area (Å²) in [5, 5.41) is 32.2. The van der Waals surface area contributed by atoms with Gasteiger partial charge in [0.05, 0.1) is 67.4 Å². The van der Waals surface area contributed by atoms with Crippen molar-refractivity contribution in [3.8, 4) is 5.75 Å². The van der Waals surface area contributed by atoms with Crippen LogP contribution in [0.4, 0.5) is 40.6 Å². The van der Waals surface area contributed by atoms with E-state index < -0.39 is 151 Å². The number of benzene rings is 4. The molecule has 0 spiro atoms. The molecule has 0 aliphatic heterocycles. The van der Waals surface area contributed by atoms with Crippen molar-refractivity contribution in [1.29, 1.82) is 0 Å². The second-order valence-electron chi connectivity index (χ2n) is 15.2. The van der Waals surface area contributed by atoms with E-state index in [0.717, 1.165) is 48.5 Å². The Bertz CT molecular complexity index is 3970. The van der Waals surface area contributed by atoms with Gasteiger partial charge in [0.2, 0.25) is 29.4 Å². The Kier molecular flexibility index (Phi) is 27.0. The van der Waals surface area contributed by atoms with E-state index in [2.05, 4.69) is 46.6 Å². The Balaban J connectivity index is 0.00000437. The van der Waals surface area contributed by atoms with Crippen molar-refractivity contribution in [3.63, 3.8) is 0 Å². The first-order valence-corrected chi connectivity index (χ1v) is 27.4. The third-order valence-electron chi connectivity index (χ3n) is 10.3. The van der Waals surface area contributed by atoms with Crippen LogP contribution in [0.1, 0.15) is 31.8 Å². The van der Waals surface area contributed by atoms with Crippen molar-refractivity contribution in [3.05, 3.63) is 105 Å². The van der Waals surface area contributed by atoms with Gasteiger partial charge in [-0.3, -0.25) is 20.4 Å². The van der Waals surface area contributed by atoms with Crippen LogP contribution in [-0.4, -0.2) is 146 Å². The molecule has 396 valence electrons. The first kappa shape index (κ1) is 73.4. The number of aromatic nitrogens is 3. The van der Waals surface area contributed by atoms with Crippen LogP contribution in [0.3, 0.4) is 0 Å². The van der Waals surface area contributed by atoms with E-state index in [9.17, 15) is 84.7 Å². The number of ketones is 2. The number of aliphatic hydroxyl groups is 2. The second-order valence-corrected chi connectivity index (χ2v) is 21.9. The molecule has 1 aromatic heterocycles. The van der Waals surface area contributed by atoms with Gasteiger partial charge < -0.3 is 53.2 Å². The molecule has 1 heterocycles. The summed E-state index contributed by atoms with van der Waals surface area (Å²) in [6.07, 6.45) is 1.22. The molecule has 0 saturated heterocycles. The molecule has 30 nitrogen and oxygen atoms in total. The zero-order valence-electron chi connectivity index (χ0n) is 42.4. The zero-order chi connectivity index (χ0) is 55.0. The number of rotatable bonds is 19. The molecule has 5 aromatic rings. The van der Waals surface area contributed by atoms with Gasteiger partial charge in [0, 0.05) is 24.3 Å². The largest absolute Gasteiger partial charge is 1.00 e. The standard InChI is InChI=1S/C40H36N10O20S5.5Na/c1-70-23-7-9-27(30(18-23)73(61,62)63)47-48-34-31(74(64,65)66)16-20-14-22(6-8-25(20)36(34)53)41-38-43-39(45-40(44-38)50(10-12-51)11-13-52)42-28-19-24(71(55,56)57)15-21-17-32(75(67,68)69)35(37(54)33(21)28)49-46-26-4-2-3-5-29(26)72(58,59)60;;;;;/h2-9,14-19,46-47,51-52H,10-13H2,1H3,(H,55,56,57)(H,58,59,60)(H,61,62,63)(H,64,65,66)(H,67,68,69)(H2,41,42,43,44,45);;;;;/q;5*+1/p-5. The van der Waals surface area contributed by atoms with Gasteiger partial charge in [-0.15, -0.1) is 0 Å². The van der Waals surface area contributed by atoms with Crippen molar-refractivity contribution in [2.75, 3.05) is 59.8 Å². The number of hydrogen-bond donors (Lipinski definition) is 6. The van der Waals surface area contributed by atoms with Crippen LogP contribution in [0.15, 0.2) is 107 Å². The fourth-order valence-corrected chi connectivity index (χ4v) is 10.2.